The maximum Gasteiger partial charge on any atom is 0.244 e. The first-order valence-corrected chi connectivity index (χ1v) is 13.8. The van der Waals surface area contributed by atoms with E-state index in [1.807, 2.05) is 42.5 Å². The molecule has 0 fully saturated rings. The van der Waals surface area contributed by atoms with Gasteiger partial charge in [-0.05, 0) is 53.1 Å². The minimum atomic E-state index is -0.275. The monoisotopic (exact) mass is 623 g/mol. The number of methoxy groups -OCH3 is 1. The van der Waals surface area contributed by atoms with Crippen molar-refractivity contribution in [3.05, 3.63) is 134 Å². The number of nitrogens with one attached hydrogen (secondary N) is 1. The van der Waals surface area contributed by atoms with Crippen LogP contribution in [0.1, 0.15) is 39.5 Å². The topological polar surface area (TPSA) is 88.1 Å². The van der Waals surface area contributed by atoms with E-state index in [1.54, 1.807) is 54.7 Å². The van der Waals surface area contributed by atoms with Crippen LogP contribution in [0.5, 0.6) is 0 Å². The number of anilines is 1. The first kappa shape index (κ1) is 32.5. The van der Waals surface area contributed by atoms with Crippen LogP contribution in [0.15, 0.2) is 96.1 Å². The van der Waals surface area contributed by atoms with E-state index in [0.717, 1.165) is 16.7 Å². The van der Waals surface area contributed by atoms with Crippen LogP contribution >= 0.6 is 34.8 Å². The van der Waals surface area contributed by atoms with Gasteiger partial charge in [0.1, 0.15) is 6.73 Å². The lowest BCUT2D eigenvalue weighted by molar-refractivity contribution is -0.116. The normalized spacial score (nSPS) is 10.5. The summed E-state index contributed by atoms with van der Waals surface area (Å²) >= 11 is 19.1. The number of hydrogen-bond donors (Lipinski definition) is 1. The van der Waals surface area contributed by atoms with E-state index in [9.17, 15) is 14.4 Å². The number of rotatable bonds is 10. The maximum atomic E-state index is 12.7. The minimum absolute atomic E-state index is 0.0842. The number of ether oxygens (including phenoxy) is 1. The highest BCUT2D eigenvalue weighted by Gasteiger charge is 2.16. The van der Waals surface area contributed by atoms with Gasteiger partial charge in [-0.3, -0.25) is 14.4 Å². The molecule has 2 amide bonds. The predicted octanol–water partition coefficient (Wildman–Crippen LogP) is 7.19. The van der Waals surface area contributed by atoms with Crippen molar-refractivity contribution in [2.75, 3.05) is 18.8 Å². The molecule has 0 aliphatic rings. The van der Waals surface area contributed by atoms with Crippen molar-refractivity contribution in [1.29, 1.82) is 0 Å². The lowest BCUT2D eigenvalue weighted by atomic mass is 9.99. The Kier molecular flexibility index (Phi) is 12.7. The van der Waals surface area contributed by atoms with Crippen molar-refractivity contribution in [3.63, 3.8) is 0 Å². The number of hydrazone groups is 1. The molecule has 0 unspecified atom stereocenters. The van der Waals surface area contributed by atoms with Gasteiger partial charge in [0.25, 0.3) is 0 Å². The number of halogens is 3. The van der Waals surface area contributed by atoms with E-state index in [0.29, 0.717) is 51.4 Å². The largest absolute Gasteiger partial charge is 0.365 e. The number of carbonyl (C=O) groups is 3. The summed E-state index contributed by atoms with van der Waals surface area (Å²) in [5.41, 5.74) is 4.12. The number of hydrogen-bond acceptors (Lipinski definition) is 5. The Morgan fingerprint density at radius 3 is 1.95 bits per heavy atom. The molecule has 0 atom stereocenters. The van der Waals surface area contributed by atoms with E-state index in [-0.39, 0.29) is 11.7 Å². The van der Waals surface area contributed by atoms with Gasteiger partial charge in [0, 0.05) is 46.6 Å². The summed E-state index contributed by atoms with van der Waals surface area (Å²) in [7, 11) is 1.51. The van der Waals surface area contributed by atoms with Crippen LogP contribution < -0.4 is 10.3 Å². The number of benzene rings is 4. The van der Waals surface area contributed by atoms with Crippen molar-refractivity contribution in [2.24, 2.45) is 5.10 Å². The minimum Gasteiger partial charge on any atom is -0.365 e. The molecular weight excluding hydrogens is 597 g/mol. The number of carbonyl (C=O) groups excluding carboxylic acids is 3. The van der Waals surface area contributed by atoms with E-state index in [1.165, 1.54) is 19.0 Å². The van der Waals surface area contributed by atoms with E-state index >= 15 is 0 Å². The third-order valence-corrected chi connectivity index (χ3v) is 6.73. The fourth-order valence-electron chi connectivity index (χ4n) is 3.74. The summed E-state index contributed by atoms with van der Waals surface area (Å²) in [6.45, 7) is 1.72. The van der Waals surface area contributed by atoms with E-state index in [4.69, 9.17) is 34.8 Å². The second-order valence-electron chi connectivity index (χ2n) is 8.84. The number of amides is 2. The quantitative estimate of drug-likeness (QED) is 0.0505. The Hall–Kier alpha value is -4.01. The maximum absolute atomic E-state index is 12.7. The Balaban J connectivity index is 0.000000730. The third kappa shape index (κ3) is 9.53. The molecule has 4 aromatic rings. The fraction of sp³-hybridized carbons (Fsp3) is 0.125. The average molecular weight is 625 g/mol. The van der Waals surface area contributed by atoms with E-state index in [2.05, 4.69) is 15.2 Å². The zero-order chi connectivity index (χ0) is 30.5. The summed E-state index contributed by atoms with van der Waals surface area (Å²) in [5.74, 6) is -0.359. The Morgan fingerprint density at radius 1 is 0.881 bits per heavy atom. The van der Waals surface area contributed by atoms with E-state index < -0.39 is 0 Å². The standard InChI is InChI=1S/C29H21Cl3N2O2.C3H7NO2/c1-19(35)34(33-18-21-5-3-2-4-6-21)25-16-27(31)26(28(32)17-25)15-20-7-9-22(10-8-20)29(36)23-11-13-24(30)14-12-23;1-6-3-4-2-5/h2-14,16-18H,15H2,1H3;2H,3H2,1H3,(H,4,5)/b33-18+;. The Bertz CT molecular complexity index is 1500. The van der Waals surface area contributed by atoms with Crippen LogP contribution in [0.25, 0.3) is 0 Å². The van der Waals surface area contributed by atoms with Crippen molar-refractivity contribution < 1.29 is 19.1 Å². The van der Waals surface area contributed by atoms with Crippen molar-refractivity contribution in [3.8, 4) is 0 Å². The van der Waals surface area contributed by atoms with Crippen LogP contribution in [-0.2, 0) is 20.7 Å². The van der Waals surface area contributed by atoms with Gasteiger partial charge in [0.15, 0.2) is 5.78 Å². The smallest absolute Gasteiger partial charge is 0.244 e. The van der Waals surface area contributed by atoms with Gasteiger partial charge in [0.05, 0.1) is 11.9 Å². The molecule has 0 saturated heterocycles. The molecule has 216 valence electrons. The molecule has 42 heavy (non-hydrogen) atoms. The summed E-state index contributed by atoms with van der Waals surface area (Å²) in [6, 6.07) is 26.9. The lowest BCUT2D eigenvalue weighted by Crippen LogP contribution is -2.22. The highest BCUT2D eigenvalue weighted by Crippen LogP contribution is 2.33. The summed E-state index contributed by atoms with van der Waals surface area (Å²) in [5, 5.41) is 9.28. The van der Waals surface area contributed by atoms with Crippen molar-refractivity contribution in [2.45, 2.75) is 13.3 Å². The second-order valence-corrected chi connectivity index (χ2v) is 10.1. The highest BCUT2D eigenvalue weighted by atomic mass is 35.5. The molecule has 1 N–H and O–H groups in total. The van der Waals surface area contributed by atoms with Gasteiger partial charge < -0.3 is 10.1 Å². The average Bonchev–Trinajstić information content (AvgIpc) is 2.99. The Labute approximate surface area is 259 Å². The molecule has 0 bridgehead atoms. The van der Waals surface area contributed by atoms with Crippen LogP contribution in [0.3, 0.4) is 0 Å². The van der Waals surface area contributed by atoms with Crippen LogP contribution in [0.2, 0.25) is 15.1 Å². The molecule has 7 nitrogen and oxygen atoms in total. The first-order chi connectivity index (χ1) is 20.2. The number of ketones is 1. The molecule has 4 aromatic carbocycles. The van der Waals surface area contributed by atoms with Crippen molar-refractivity contribution >= 4 is 64.8 Å². The SMILES string of the molecule is CC(=O)N(/N=C/c1ccccc1)c1cc(Cl)c(Cc2ccc(C(=O)c3ccc(Cl)cc3)cc2)c(Cl)c1.COCNC=O. The molecule has 0 heterocycles. The summed E-state index contributed by atoms with van der Waals surface area (Å²) < 4.78 is 4.44. The molecule has 0 spiro atoms. The molecule has 0 aromatic heterocycles. The van der Waals surface area contributed by atoms with Gasteiger partial charge in [0.2, 0.25) is 12.3 Å². The molecular formula is C32H28Cl3N3O4. The van der Waals surface area contributed by atoms with Crippen molar-refractivity contribution in [1.82, 2.24) is 5.32 Å². The van der Waals surface area contributed by atoms with Gasteiger partial charge in [-0.2, -0.15) is 5.10 Å². The van der Waals surface area contributed by atoms with Gasteiger partial charge in [-0.15, -0.1) is 0 Å². The molecule has 0 aliphatic heterocycles. The van der Waals surface area contributed by atoms with Crippen LogP contribution in [0, 0.1) is 0 Å². The predicted molar refractivity (Wildman–Crippen MR) is 169 cm³/mol. The molecule has 0 saturated carbocycles. The molecule has 4 rings (SSSR count). The fourth-order valence-corrected chi connectivity index (χ4v) is 4.47. The van der Waals surface area contributed by atoms with Gasteiger partial charge in [-0.25, -0.2) is 5.01 Å². The zero-order valence-corrected chi connectivity index (χ0v) is 25.2. The number of nitrogens with zero attached hydrogens (tertiary/aromatic N) is 2. The third-order valence-electron chi connectivity index (χ3n) is 5.80. The van der Waals surface area contributed by atoms with Crippen LogP contribution in [-0.4, -0.2) is 38.2 Å². The lowest BCUT2D eigenvalue weighted by Gasteiger charge is -2.18. The van der Waals surface area contributed by atoms with Gasteiger partial charge in [-0.1, -0.05) is 89.4 Å². The Morgan fingerprint density at radius 2 is 1.45 bits per heavy atom. The highest BCUT2D eigenvalue weighted by molar-refractivity contribution is 6.36. The summed E-state index contributed by atoms with van der Waals surface area (Å²) in [6.07, 6.45) is 2.65. The molecule has 0 radical (unpaired) electrons. The molecule has 0 aliphatic carbocycles. The second kappa shape index (κ2) is 16.4. The van der Waals surface area contributed by atoms with Gasteiger partial charge >= 0.3 is 0 Å². The first-order valence-electron chi connectivity index (χ1n) is 12.7. The molecule has 10 heteroatoms. The summed E-state index contributed by atoms with van der Waals surface area (Å²) in [4.78, 5) is 34.3. The zero-order valence-electron chi connectivity index (χ0n) is 22.9. The van der Waals surface area contributed by atoms with Crippen LogP contribution in [0.4, 0.5) is 5.69 Å².